The average molecular weight is 440 g/mol. The van der Waals surface area contributed by atoms with Gasteiger partial charge in [0.1, 0.15) is 0 Å². The third kappa shape index (κ3) is 6.35. The molecule has 1 saturated heterocycles. The van der Waals surface area contributed by atoms with Crippen molar-refractivity contribution >= 4 is 11.9 Å². The molecule has 6 nitrogen and oxygen atoms in total. The normalized spacial score (nSPS) is 18.6. The van der Waals surface area contributed by atoms with Crippen molar-refractivity contribution in [3.8, 4) is 0 Å². The van der Waals surface area contributed by atoms with E-state index in [1.165, 1.54) is 18.6 Å². The van der Waals surface area contributed by atoms with Gasteiger partial charge < -0.3 is 15.1 Å². The van der Waals surface area contributed by atoms with Crippen LogP contribution in [0.1, 0.15) is 30.4 Å². The Hall–Kier alpha value is -2.29. The minimum absolute atomic E-state index is 0.261. The Balaban J connectivity index is 1.38. The maximum Gasteiger partial charge on any atom is 0.416 e. The second-order valence-electron chi connectivity index (χ2n) is 8.32. The smallest absolute Gasteiger partial charge is 0.355 e. The number of amides is 1. The SMILES string of the molecule is CN=C(NCCN1CCN(C(=O)C2CCC2)CC1)N(C)Cc1ccc(C(F)(F)F)cc1. The molecule has 0 unspecified atom stereocenters. The standard InChI is InChI=1S/C22H32F3N5O/c1-26-21(28(2)16-17-6-8-19(9-7-17)22(23,24)25)27-10-11-29-12-14-30(15-13-29)20(31)18-4-3-5-18/h6-9,18H,3-5,10-16H2,1-2H3,(H,26,27). The van der Waals surface area contributed by atoms with E-state index < -0.39 is 11.7 Å². The van der Waals surface area contributed by atoms with Gasteiger partial charge in [-0.05, 0) is 30.5 Å². The van der Waals surface area contributed by atoms with Crippen LogP contribution in [0.5, 0.6) is 0 Å². The summed E-state index contributed by atoms with van der Waals surface area (Å²) in [7, 11) is 3.55. The van der Waals surface area contributed by atoms with Gasteiger partial charge in [0.2, 0.25) is 5.91 Å². The molecule has 2 fully saturated rings. The van der Waals surface area contributed by atoms with E-state index in [9.17, 15) is 18.0 Å². The minimum atomic E-state index is -4.32. The number of rotatable bonds is 6. The number of hydrogen-bond donors (Lipinski definition) is 1. The first kappa shape index (κ1) is 23.4. The van der Waals surface area contributed by atoms with Crippen LogP contribution in [0.25, 0.3) is 0 Å². The van der Waals surface area contributed by atoms with Gasteiger partial charge in [-0.2, -0.15) is 13.2 Å². The lowest BCUT2D eigenvalue weighted by molar-refractivity contribution is -0.140. The Bertz CT molecular complexity index is 753. The molecule has 1 aromatic rings. The predicted octanol–water partition coefficient (Wildman–Crippen LogP) is 2.66. The van der Waals surface area contributed by atoms with Gasteiger partial charge in [-0.3, -0.25) is 14.7 Å². The highest BCUT2D eigenvalue weighted by Gasteiger charge is 2.31. The van der Waals surface area contributed by atoms with Gasteiger partial charge in [0.25, 0.3) is 0 Å². The van der Waals surface area contributed by atoms with E-state index in [0.29, 0.717) is 25.0 Å². The van der Waals surface area contributed by atoms with Gasteiger partial charge in [0.05, 0.1) is 5.56 Å². The van der Waals surface area contributed by atoms with Crippen LogP contribution in [0.15, 0.2) is 29.3 Å². The molecule has 2 aliphatic rings. The lowest BCUT2D eigenvalue weighted by Gasteiger charge is -2.38. The Morgan fingerprint density at radius 1 is 1.16 bits per heavy atom. The molecule has 1 aromatic carbocycles. The van der Waals surface area contributed by atoms with Gasteiger partial charge >= 0.3 is 6.18 Å². The number of aliphatic imine (C=N–C) groups is 1. The maximum atomic E-state index is 12.7. The van der Waals surface area contributed by atoms with Crippen LogP contribution >= 0.6 is 0 Å². The highest BCUT2D eigenvalue weighted by Crippen LogP contribution is 2.29. The summed E-state index contributed by atoms with van der Waals surface area (Å²) in [6.07, 6.45) is -1.06. The van der Waals surface area contributed by atoms with Crippen LogP contribution in [-0.4, -0.2) is 79.9 Å². The maximum absolute atomic E-state index is 12.7. The molecule has 0 bridgehead atoms. The topological polar surface area (TPSA) is 51.2 Å². The summed E-state index contributed by atoms with van der Waals surface area (Å²) in [6.45, 7) is 5.34. The quantitative estimate of drug-likeness (QED) is 0.547. The van der Waals surface area contributed by atoms with Crippen LogP contribution < -0.4 is 5.32 Å². The van der Waals surface area contributed by atoms with Crippen molar-refractivity contribution in [2.24, 2.45) is 10.9 Å². The van der Waals surface area contributed by atoms with Crippen LogP contribution in [0, 0.1) is 5.92 Å². The van der Waals surface area contributed by atoms with Crippen molar-refractivity contribution in [2.75, 3.05) is 53.4 Å². The minimum Gasteiger partial charge on any atom is -0.355 e. The first-order chi connectivity index (χ1) is 14.8. The van der Waals surface area contributed by atoms with Gasteiger partial charge in [-0.15, -0.1) is 0 Å². The second kappa shape index (κ2) is 10.3. The zero-order chi connectivity index (χ0) is 22.4. The van der Waals surface area contributed by atoms with Crippen molar-refractivity contribution in [3.05, 3.63) is 35.4 Å². The van der Waals surface area contributed by atoms with Gasteiger partial charge in [-0.25, -0.2) is 0 Å². The molecular formula is C22H32F3N5O. The zero-order valence-electron chi connectivity index (χ0n) is 18.3. The van der Waals surface area contributed by atoms with Crippen molar-refractivity contribution < 1.29 is 18.0 Å². The predicted molar refractivity (Wildman–Crippen MR) is 115 cm³/mol. The van der Waals surface area contributed by atoms with Crippen molar-refractivity contribution in [2.45, 2.75) is 32.0 Å². The number of halogens is 3. The Labute approximate surface area is 182 Å². The largest absolute Gasteiger partial charge is 0.416 e. The lowest BCUT2D eigenvalue weighted by atomic mass is 9.84. The average Bonchev–Trinajstić information content (AvgIpc) is 2.70. The number of carbonyl (C=O) groups is 1. The van der Waals surface area contributed by atoms with Gasteiger partial charge in [0, 0.05) is 65.8 Å². The van der Waals surface area contributed by atoms with Crippen LogP contribution in [0.3, 0.4) is 0 Å². The van der Waals surface area contributed by atoms with Crippen LogP contribution in [0.2, 0.25) is 0 Å². The summed E-state index contributed by atoms with van der Waals surface area (Å²) in [6, 6.07) is 5.21. The van der Waals surface area contributed by atoms with Crippen molar-refractivity contribution in [3.63, 3.8) is 0 Å². The Morgan fingerprint density at radius 2 is 1.81 bits per heavy atom. The number of guanidine groups is 1. The first-order valence-corrected chi connectivity index (χ1v) is 10.9. The Kier molecular flexibility index (Phi) is 7.80. The second-order valence-corrected chi connectivity index (χ2v) is 8.32. The summed E-state index contributed by atoms with van der Waals surface area (Å²) in [4.78, 5) is 22.8. The molecule has 1 aliphatic heterocycles. The molecule has 1 aliphatic carbocycles. The van der Waals surface area contributed by atoms with E-state index in [4.69, 9.17) is 0 Å². The third-order valence-corrected chi connectivity index (χ3v) is 6.12. The highest BCUT2D eigenvalue weighted by molar-refractivity contribution is 5.80. The van der Waals surface area contributed by atoms with E-state index in [2.05, 4.69) is 15.2 Å². The fourth-order valence-electron chi connectivity index (χ4n) is 3.96. The summed E-state index contributed by atoms with van der Waals surface area (Å²) < 4.78 is 38.1. The molecule has 31 heavy (non-hydrogen) atoms. The van der Waals surface area contributed by atoms with Crippen molar-refractivity contribution in [1.82, 2.24) is 20.0 Å². The molecule has 172 valence electrons. The molecular weight excluding hydrogens is 407 g/mol. The number of nitrogens with one attached hydrogen (secondary N) is 1. The summed E-state index contributed by atoms with van der Waals surface area (Å²) in [5.41, 5.74) is 0.140. The molecule has 0 spiro atoms. The zero-order valence-corrected chi connectivity index (χ0v) is 18.3. The number of piperazine rings is 1. The monoisotopic (exact) mass is 439 g/mol. The van der Waals surface area contributed by atoms with Crippen LogP contribution in [0.4, 0.5) is 13.2 Å². The third-order valence-electron chi connectivity index (χ3n) is 6.12. The number of benzene rings is 1. The van der Waals surface area contributed by atoms with E-state index >= 15 is 0 Å². The molecule has 3 rings (SSSR count). The summed E-state index contributed by atoms with van der Waals surface area (Å²) >= 11 is 0. The lowest BCUT2D eigenvalue weighted by Crippen LogP contribution is -2.52. The van der Waals surface area contributed by atoms with Crippen LogP contribution in [-0.2, 0) is 17.5 Å². The molecule has 1 heterocycles. The molecule has 0 radical (unpaired) electrons. The van der Waals surface area contributed by atoms with E-state index in [-0.39, 0.29) is 5.92 Å². The number of carbonyl (C=O) groups excluding carboxylic acids is 1. The van der Waals surface area contributed by atoms with E-state index in [1.807, 2.05) is 16.8 Å². The molecule has 1 saturated carbocycles. The molecule has 1 N–H and O–H groups in total. The van der Waals surface area contributed by atoms with E-state index in [1.54, 1.807) is 7.05 Å². The number of hydrogen-bond acceptors (Lipinski definition) is 3. The van der Waals surface area contributed by atoms with Crippen molar-refractivity contribution in [1.29, 1.82) is 0 Å². The molecule has 9 heteroatoms. The fraction of sp³-hybridized carbons (Fsp3) is 0.636. The highest BCUT2D eigenvalue weighted by atomic mass is 19.4. The number of alkyl halides is 3. The summed E-state index contributed by atoms with van der Waals surface area (Å²) in [5.74, 6) is 1.28. The summed E-state index contributed by atoms with van der Waals surface area (Å²) in [5, 5.41) is 3.32. The van der Waals surface area contributed by atoms with Gasteiger partial charge in [-0.1, -0.05) is 18.6 Å². The van der Waals surface area contributed by atoms with Gasteiger partial charge in [0.15, 0.2) is 5.96 Å². The molecule has 0 aromatic heterocycles. The molecule has 0 atom stereocenters. The molecule has 1 amide bonds. The van der Waals surface area contributed by atoms with E-state index in [0.717, 1.165) is 63.3 Å². The fourth-order valence-corrected chi connectivity index (χ4v) is 3.96. The Morgan fingerprint density at radius 3 is 2.32 bits per heavy atom. The number of nitrogens with zero attached hydrogens (tertiary/aromatic N) is 4. The first-order valence-electron chi connectivity index (χ1n) is 10.9.